The summed E-state index contributed by atoms with van der Waals surface area (Å²) >= 11 is 18.3. The summed E-state index contributed by atoms with van der Waals surface area (Å²) in [6.07, 6.45) is 7.03. The van der Waals surface area contributed by atoms with Crippen molar-refractivity contribution in [2.75, 3.05) is 0 Å². The summed E-state index contributed by atoms with van der Waals surface area (Å²) in [5.41, 5.74) is 0.602. The van der Waals surface area contributed by atoms with Gasteiger partial charge in [0.15, 0.2) is 0 Å². The molecule has 6 heteroatoms. The third-order valence-corrected chi connectivity index (χ3v) is 5.03. The molecule has 1 atom stereocenters. The molecule has 0 aliphatic carbocycles. The summed E-state index contributed by atoms with van der Waals surface area (Å²) in [7, 11) is 0. The van der Waals surface area contributed by atoms with E-state index in [0.717, 1.165) is 24.2 Å². The summed E-state index contributed by atoms with van der Waals surface area (Å²) in [5.74, 6) is 0.777. The molecule has 0 aliphatic heterocycles. The van der Waals surface area contributed by atoms with E-state index in [4.69, 9.17) is 39.5 Å². The summed E-state index contributed by atoms with van der Waals surface area (Å²) in [6, 6.07) is 13.0. The predicted octanol–water partition coefficient (Wildman–Crippen LogP) is 6.31. The fourth-order valence-corrected chi connectivity index (χ4v) is 3.47. The summed E-state index contributed by atoms with van der Waals surface area (Å²) in [6.45, 7) is 2.76. The van der Waals surface area contributed by atoms with Gasteiger partial charge in [0.1, 0.15) is 11.4 Å². The second kappa shape index (κ2) is 8.34. The van der Waals surface area contributed by atoms with Gasteiger partial charge in [-0.1, -0.05) is 40.9 Å². The number of rotatable bonds is 7. The first kappa shape index (κ1) is 19.1. The van der Waals surface area contributed by atoms with Crippen molar-refractivity contribution >= 4 is 34.8 Å². The van der Waals surface area contributed by atoms with Gasteiger partial charge in [0, 0.05) is 27.5 Å². The zero-order valence-electron chi connectivity index (χ0n) is 14.3. The highest BCUT2D eigenvalue weighted by molar-refractivity contribution is 6.35. The third kappa shape index (κ3) is 5.16. The zero-order valence-corrected chi connectivity index (χ0v) is 16.6. The lowest BCUT2D eigenvalue weighted by molar-refractivity contribution is 0.0605. The van der Waals surface area contributed by atoms with Crippen molar-refractivity contribution in [2.45, 2.75) is 31.9 Å². The topological polar surface area (TPSA) is 27.1 Å². The fourth-order valence-electron chi connectivity index (χ4n) is 2.84. The van der Waals surface area contributed by atoms with Crippen molar-refractivity contribution in [1.29, 1.82) is 0 Å². The number of aromatic nitrogens is 2. The van der Waals surface area contributed by atoms with Crippen LogP contribution in [0.15, 0.2) is 61.2 Å². The SMILES string of the molecule is CC(CCc1ccc(Cl)cc1Cl)(Cn1ccnc1)Oc1ccc(Cl)cc1. The summed E-state index contributed by atoms with van der Waals surface area (Å²) < 4.78 is 8.35. The molecule has 0 N–H and O–H groups in total. The molecule has 1 heterocycles. The maximum absolute atomic E-state index is 6.34. The molecule has 3 aromatic rings. The van der Waals surface area contributed by atoms with Crippen LogP contribution >= 0.6 is 34.8 Å². The molecule has 0 amide bonds. The van der Waals surface area contributed by atoms with E-state index in [0.29, 0.717) is 21.6 Å². The van der Waals surface area contributed by atoms with E-state index in [1.54, 1.807) is 18.6 Å². The maximum atomic E-state index is 6.34. The standard InChI is InChI=1S/C20H19Cl3N2O/c1-20(13-25-11-10-24-14-25,26-18-6-4-16(21)5-7-18)9-8-15-2-3-17(22)12-19(15)23/h2-7,10-12,14H,8-9,13H2,1H3. The first-order chi connectivity index (χ1) is 12.4. The smallest absolute Gasteiger partial charge is 0.124 e. The third-order valence-electron chi connectivity index (χ3n) is 4.19. The molecular weight excluding hydrogens is 391 g/mol. The normalized spacial score (nSPS) is 13.4. The molecule has 0 bridgehead atoms. The van der Waals surface area contributed by atoms with Crippen molar-refractivity contribution < 1.29 is 4.74 Å². The number of hydrogen-bond donors (Lipinski definition) is 0. The van der Waals surface area contributed by atoms with E-state index in [1.165, 1.54) is 0 Å². The fraction of sp³-hybridized carbons (Fsp3) is 0.250. The molecule has 0 radical (unpaired) electrons. The van der Waals surface area contributed by atoms with Crippen LogP contribution in [0.5, 0.6) is 5.75 Å². The number of nitrogens with zero attached hydrogens (tertiary/aromatic N) is 2. The van der Waals surface area contributed by atoms with Crippen molar-refractivity contribution in [3.8, 4) is 5.75 Å². The van der Waals surface area contributed by atoms with Gasteiger partial charge in [-0.2, -0.15) is 0 Å². The molecule has 0 fully saturated rings. The molecule has 3 rings (SSSR count). The van der Waals surface area contributed by atoms with Crippen LogP contribution in [0, 0.1) is 0 Å². The number of aryl methyl sites for hydroxylation is 1. The van der Waals surface area contributed by atoms with Gasteiger partial charge in [0.25, 0.3) is 0 Å². The van der Waals surface area contributed by atoms with Crippen LogP contribution in [0.25, 0.3) is 0 Å². The molecule has 2 aromatic carbocycles. The molecule has 0 saturated carbocycles. The van der Waals surface area contributed by atoms with Gasteiger partial charge in [0.05, 0.1) is 12.9 Å². The predicted molar refractivity (Wildman–Crippen MR) is 107 cm³/mol. The Hall–Kier alpha value is -1.68. The molecule has 0 aliphatic rings. The Balaban J connectivity index is 1.78. The highest BCUT2D eigenvalue weighted by Crippen LogP contribution is 2.29. The van der Waals surface area contributed by atoms with Crippen molar-refractivity contribution in [2.24, 2.45) is 0 Å². The minimum absolute atomic E-state index is 0.447. The lowest BCUT2D eigenvalue weighted by Crippen LogP contribution is -2.37. The lowest BCUT2D eigenvalue weighted by atomic mass is 9.96. The van der Waals surface area contributed by atoms with Crippen molar-refractivity contribution in [3.05, 3.63) is 81.8 Å². The zero-order chi connectivity index (χ0) is 18.6. The number of hydrogen-bond acceptors (Lipinski definition) is 2. The van der Waals surface area contributed by atoms with Crippen LogP contribution in [0.1, 0.15) is 18.9 Å². The van der Waals surface area contributed by atoms with Crippen molar-refractivity contribution in [1.82, 2.24) is 9.55 Å². The van der Waals surface area contributed by atoms with Gasteiger partial charge in [-0.25, -0.2) is 4.98 Å². The highest BCUT2D eigenvalue weighted by atomic mass is 35.5. The number of ether oxygens (including phenoxy) is 1. The maximum Gasteiger partial charge on any atom is 0.124 e. The molecule has 26 heavy (non-hydrogen) atoms. The van der Waals surface area contributed by atoms with Crippen LogP contribution in [-0.2, 0) is 13.0 Å². The van der Waals surface area contributed by atoms with Crippen LogP contribution in [0.2, 0.25) is 15.1 Å². The quantitative estimate of drug-likeness (QED) is 0.457. The number of imidazole rings is 1. The van der Waals surface area contributed by atoms with Gasteiger partial charge in [-0.05, 0) is 61.7 Å². The van der Waals surface area contributed by atoms with Gasteiger partial charge >= 0.3 is 0 Å². The number of benzene rings is 2. The molecule has 136 valence electrons. The Kier molecular flexibility index (Phi) is 6.13. The first-order valence-corrected chi connectivity index (χ1v) is 9.41. The molecular formula is C20H19Cl3N2O. The minimum atomic E-state index is -0.447. The molecule has 0 saturated heterocycles. The first-order valence-electron chi connectivity index (χ1n) is 8.28. The van der Waals surface area contributed by atoms with Crippen LogP contribution in [0.3, 0.4) is 0 Å². The van der Waals surface area contributed by atoms with Crippen LogP contribution in [-0.4, -0.2) is 15.2 Å². The minimum Gasteiger partial charge on any atom is -0.486 e. The Morgan fingerprint density at radius 3 is 2.42 bits per heavy atom. The largest absolute Gasteiger partial charge is 0.486 e. The van der Waals surface area contributed by atoms with Crippen LogP contribution < -0.4 is 4.74 Å². The van der Waals surface area contributed by atoms with Crippen LogP contribution in [0.4, 0.5) is 0 Å². The van der Waals surface area contributed by atoms with E-state index in [1.807, 2.05) is 47.2 Å². The number of halogens is 3. The van der Waals surface area contributed by atoms with E-state index >= 15 is 0 Å². The van der Waals surface area contributed by atoms with Gasteiger partial charge < -0.3 is 9.30 Å². The van der Waals surface area contributed by atoms with E-state index < -0.39 is 5.60 Å². The summed E-state index contributed by atoms with van der Waals surface area (Å²) in [5, 5.41) is 1.99. The Morgan fingerprint density at radius 1 is 1.04 bits per heavy atom. The second-order valence-corrected chi connectivity index (χ2v) is 7.76. The van der Waals surface area contributed by atoms with Gasteiger partial charge in [-0.15, -0.1) is 0 Å². The highest BCUT2D eigenvalue weighted by Gasteiger charge is 2.27. The average Bonchev–Trinajstić information content (AvgIpc) is 3.09. The van der Waals surface area contributed by atoms with Crippen molar-refractivity contribution in [3.63, 3.8) is 0 Å². The Labute approximate surface area is 168 Å². The van der Waals surface area contributed by atoms with E-state index in [2.05, 4.69) is 11.9 Å². The monoisotopic (exact) mass is 408 g/mol. The average molecular weight is 410 g/mol. The van der Waals surface area contributed by atoms with Gasteiger partial charge in [-0.3, -0.25) is 0 Å². The van der Waals surface area contributed by atoms with E-state index in [9.17, 15) is 0 Å². The molecule has 3 nitrogen and oxygen atoms in total. The molecule has 1 aromatic heterocycles. The Morgan fingerprint density at radius 2 is 1.77 bits per heavy atom. The Bertz CT molecular complexity index is 850. The summed E-state index contributed by atoms with van der Waals surface area (Å²) in [4.78, 5) is 4.12. The second-order valence-electron chi connectivity index (χ2n) is 6.48. The van der Waals surface area contributed by atoms with Gasteiger partial charge in [0.2, 0.25) is 0 Å². The van der Waals surface area contributed by atoms with E-state index in [-0.39, 0.29) is 0 Å². The molecule has 0 spiro atoms. The molecule has 1 unspecified atom stereocenters. The lowest BCUT2D eigenvalue weighted by Gasteiger charge is -2.31.